The first-order valence-corrected chi connectivity index (χ1v) is 3.71. The van der Waals surface area contributed by atoms with Crippen LogP contribution < -0.4 is 5.43 Å². The third kappa shape index (κ3) is 7.53. The first-order valence-electron chi connectivity index (χ1n) is 2.64. The Morgan fingerprint density at radius 1 is 1.20 bits per heavy atom. The zero-order valence-electron chi connectivity index (χ0n) is 5.30. The van der Waals surface area contributed by atoms with Gasteiger partial charge in [0.25, 0.3) is 0 Å². The highest BCUT2D eigenvalue weighted by Crippen LogP contribution is 1.76. The van der Waals surface area contributed by atoms with Crippen LogP contribution in [0.5, 0.6) is 0 Å². The molecule has 0 atom stereocenters. The molecule has 0 bridgehead atoms. The summed E-state index contributed by atoms with van der Waals surface area (Å²) >= 11 is 9.53. The molecule has 2 nitrogen and oxygen atoms in total. The van der Waals surface area contributed by atoms with Crippen LogP contribution >= 0.6 is 23.2 Å². The molecule has 0 amide bonds. The van der Waals surface area contributed by atoms with Gasteiger partial charge in [0.05, 0.1) is 5.34 Å². The normalized spacial score (nSPS) is 13.0. The van der Waals surface area contributed by atoms with Crippen LogP contribution in [0.3, 0.4) is 0 Å². The minimum absolute atomic E-state index is 0.194. The maximum atomic E-state index is 4.76. The Bertz CT molecular complexity index is 127. The van der Waals surface area contributed by atoms with Gasteiger partial charge in [-0.05, 0) is 12.2 Å². The molecule has 4 heteroatoms. The quantitative estimate of drug-likeness (QED) is 0.565. The van der Waals surface area contributed by atoms with Crippen molar-refractivity contribution in [1.82, 2.24) is 5.43 Å². The fraction of sp³-hybridized carbons (Fsp3) is 0.167. The summed E-state index contributed by atoms with van der Waals surface area (Å²) in [7, 11) is 0. The Kier molecular flexibility index (Phi) is 8.13. The van der Waals surface area contributed by atoms with E-state index in [1.54, 1.807) is 12.4 Å². The molecule has 1 aliphatic heterocycles. The molecular weight excluding hydrogens is 171 g/mol. The third-order valence-electron chi connectivity index (χ3n) is 0.628. The van der Waals surface area contributed by atoms with E-state index < -0.39 is 0 Å². The predicted molar refractivity (Wildman–Crippen MR) is 46.5 cm³/mol. The van der Waals surface area contributed by atoms with E-state index in [1.807, 2.05) is 18.2 Å². The molecule has 0 unspecified atom stereocenters. The molecule has 0 aliphatic carbocycles. The SMILES string of the molecule is C1=CC=NNC=C1.ClCCl. The molecule has 0 aromatic carbocycles. The molecule has 0 aromatic heterocycles. The maximum Gasteiger partial charge on any atom is 0.0967 e. The lowest BCUT2D eigenvalue weighted by molar-refractivity contribution is 0.980. The third-order valence-corrected chi connectivity index (χ3v) is 0.628. The maximum absolute atomic E-state index is 4.76. The van der Waals surface area contributed by atoms with Gasteiger partial charge < -0.3 is 0 Å². The van der Waals surface area contributed by atoms with E-state index in [2.05, 4.69) is 10.5 Å². The van der Waals surface area contributed by atoms with Crippen molar-refractivity contribution in [3.63, 3.8) is 0 Å². The van der Waals surface area contributed by atoms with Crippen molar-refractivity contribution in [3.05, 3.63) is 24.4 Å². The molecule has 1 heterocycles. The second-order valence-corrected chi connectivity index (χ2v) is 2.06. The van der Waals surface area contributed by atoms with Gasteiger partial charge in [0.1, 0.15) is 0 Å². The molecule has 10 heavy (non-hydrogen) atoms. The van der Waals surface area contributed by atoms with Crippen LogP contribution in [0.4, 0.5) is 0 Å². The topological polar surface area (TPSA) is 24.4 Å². The number of nitrogens with zero attached hydrogens (tertiary/aromatic N) is 1. The van der Waals surface area contributed by atoms with Crippen molar-refractivity contribution in [2.24, 2.45) is 5.10 Å². The van der Waals surface area contributed by atoms with Gasteiger partial charge in [0, 0.05) is 12.4 Å². The zero-order valence-corrected chi connectivity index (χ0v) is 6.81. The van der Waals surface area contributed by atoms with Crippen molar-refractivity contribution >= 4 is 29.4 Å². The van der Waals surface area contributed by atoms with Gasteiger partial charge in [-0.1, -0.05) is 6.08 Å². The van der Waals surface area contributed by atoms with Crippen LogP contribution in [0.2, 0.25) is 0 Å². The van der Waals surface area contributed by atoms with Gasteiger partial charge in [-0.3, -0.25) is 5.43 Å². The molecular formula is C6H8Cl2N2. The number of allylic oxidation sites excluding steroid dienone is 3. The minimum Gasteiger partial charge on any atom is -0.286 e. The summed E-state index contributed by atoms with van der Waals surface area (Å²) in [5.41, 5.74) is 2.67. The van der Waals surface area contributed by atoms with E-state index >= 15 is 0 Å². The Morgan fingerprint density at radius 2 is 1.90 bits per heavy atom. The van der Waals surface area contributed by atoms with E-state index in [0.717, 1.165) is 0 Å². The van der Waals surface area contributed by atoms with Crippen molar-refractivity contribution in [1.29, 1.82) is 0 Å². The van der Waals surface area contributed by atoms with Gasteiger partial charge in [-0.15, -0.1) is 23.2 Å². The van der Waals surface area contributed by atoms with E-state index in [4.69, 9.17) is 23.2 Å². The highest BCUT2D eigenvalue weighted by Gasteiger charge is 1.68. The van der Waals surface area contributed by atoms with Crippen LogP contribution in [0, 0.1) is 0 Å². The summed E-state index contributed by atoms with van der Waals surface area (Å²) in [4.78, 5) is 0. The van der Waals surface area contributed by atoms with Crippen LogP contribution in [0.1, 0.15) is 0 Å². The molecule has 0 spiro atoms. The summed E-state index contributed by atoms with van der Waals surface area (Å²) in [5.74, 6) is 0. The zero-order chi connectivity index (χ0) is 7.66. The lowest BCUT2D eigenvalue weighted by Crippen LogP contribution is -1.89. The van der Waals surface area contributed by atoms with E-state index in [1.165, 1.54) is 0 Å². The van der Waals surface area contributed by atoms with E-state index in [9.17, 15) is 0 Å². The van der Waals surface area contributed by atoms with Crippen molar-refractivity contribution in [3.8, 4) is 0 Å². The Hall–Kier alpha value is -0.470. The minimum atomic E-state index is 0.194. The number of hydrogen-bond donors (Lipinski definition) is 1. The molecule has 1 rings (SSSR count). The largest absolute Gasteiger partial charge is 0.286 e. The first-order chi connectivity index (χ1) is 4.91. The number of hydrogen-bond acceptors (Lipinski definition) is 2. The molecule has 1 N–H and O–H groups in total. The average Bonchev–Trinajstić information content (AvgIpc) is 2.17. The molecule has 56 valence electrons. The summed E-state index contributed by atoms with van der Waals surface area (Å²) in [6, 6.07) is 0. The summed E-state index contributed by atoms with van der Waals surface area (Å²) in [6.45, 7) is 0. The van der Waals surface area contributed by atoms with Gasteiger partial charge >= 0.3 is 0 Å². The smallest absolute Gasteiger partial charge is 0.0967 e. The second-order valence-electron chi connectivity index (χ2n) is 1.25. The average molecular weight is 179 g/mol. The number of halogens is 2. The lowest BCUT2D eigenvalue weighted by atomic mass is 10.5. The van der Waals surface area contributed by atoms with Gasteiger partial charge in [0.2, 0.25) is 0 Å². The van der Waals surface area contributed by atoms with Gasteiger partial charge in [0.15, 0.2) is 0 Å². The molecule has 1 aliphatic rings. The van der Waals surface area contributed by atoms with E-state index in [0.29, 0.717) is 0 Å². The molecule has 0 aromatic rings. The van der Waals surface area contributed by atoms with Crippen LogP contribution in [0.25, 0.3) is 0 Å². The number of rotatable bonds is 0. The van der Waals surface area contributed by atoms with Gasteiger partial charge in [-0.25, -0.2) is 0 Å². The highest BCUT2D eigenvalue weighted by molar-refractivity contribution is 6.40. The fourth-order valence-corrected chi connectivity index (χ4v) is 0.342. The molecule has 0 radical (unpaired) electrons. The molecule has 0 fully saturated rings. The van der Waals surface area contributed by atoms with E-state index in [-0.39, 0.29) is 5.34 Å². The predicted octanol–water partition coefficient (Wildman–Crippen LogP) is 2.07. The second kappa shape index (κ2) is 8.53. The summed E-state index contributed by atoms with van der Waals surface area (Å²) < 4.78 is 0. The van der Waals surface area contributed by atoms with Crippen molar-refractivity contribution in [2.75, 3.05) is 5.34 Å². The van der Waals surface area contributed by atoms with Crippen molar-refractivity contribution in [2.45, 2.75) is 0 Å². The van der Waals surface area contributed by atoms with Gasteiger partial charge in [-0.2, -0.15) is 5.10 Å². The lowest BCUT2D eigenvalue weighted by Gasteiger charge is -1.78. The fourth-order valence-electron chi connectivity index (χ4n) is 0.342. The number of hydrazone groups is 1. The van der Waals surface area contributed by atoms with Crippen LogP contribution in [0.15, 0.2) is 29.5 Å². The Morgan fingerprint density at radius 3 is 2.60 bits per heavy atom. The molecule has 0 saturated carbocycles. The number of nitrogens with one attached hydrogen (secondary N) is 1. The molecule has 0 saturated heterocycles. The summed E-state index contributed by atoms with van der Waals surface area (Å²) in [6.07, 6.45) is 9.10. The monoisotopic (exact) mass is 178 g/mol. The van der Waals surface area contributed by atoms with Crippen molar-refractivity contribution < 1.29 is 0 Å². The van der Waals surface area contributed by atoms with Crippen LogP contribution in [-0.4, -0.2) is 11.6 Å². The van der Waals surface area contributed by atoms with Crippen LogP contribution in [-0.2, 0) is 0 Å². The Labute approximate surface area is 70.2 Å². The Balaban J connectivity index is 0.000000236. The highest BCUT2D eigenvalue weighted by atomic mass is 35.5. The number of alkyl halides is 2. The summed E-state index contributed by atoms with van der Waals surface area (Å²) in [5, 5.41) is 3.92. The standard InChI is InChI=1S/C5H6N2.CH2Cl2/c1-2-4-6-7-5-3-1;2-1-3/h1-6H;1H2. The first kappa shape index (κ1) is 9.53.